The number of hydrogen-bond donors (Lipinski definition) is 4. The number of aryl methyl sites for hydroxylation is 1. The van der Waals surface area contributed by atoms with E-state index in [2.05, 4.69) is 15.5 Å². The fraction of sp³-hybridized carbons (Fsp3) is 0.0588. The number of aromatic nitrogens is 1. The fourth-order valence-electron chi connectivity index (χ4n) is 2.41. The second kappa shape index (κ2) is 5.84. The van der Waals surface area contributed by atoms with Crippen molar-refractivity contribution in [1.29, 1.82) is 0 Å². The molecule has 3 aromatic rings. The van der Waals surface area contributed by atoms with Crippen molar-refractivity contribution in [3.05, 3.63) is 59.3 Å². The molecule has 0 aliphatic heterocycles. The zero-order chi connectivity index (χ0) is 16.4. The summed E-state index contributed by atoms with van der Waals surface area (Å²) in [6.07, 6.45) is 1.56. The number of hydrazone groups is 1. The average Bonchev–Trinajstić information content (AvgIpc) is 2.82. The van der Waals surface area contributed by atoms with Crippen LogP contribution >= 0.6 is 0 Å². The first kappa shape index (κ1) is 14.6. The van der Waals surface area contributed by atoms with Gasteiger partial charge in [-0.05, 0) is 25.1 Å². The third-order valence-corrected chi connectivity index (χ3v) is 3.47. The van der Waals surface area contributed by atoms with Gasteiger partial charge in [0.2, 0.25) is 0 Å². The molecule has 0 fully saturated rings. The molecule has 0 atom stereocenters. The van der Waals surface area contributed by atoms with Crippen molar-refractivity contribution in [1.82, 2.24) is 10.4 Å². The first-order valence-electron chi connectivity index (χ1n) is 6.98. The highest BCUT2D eigenvalue weighted by atomic mass is 16.3. The summed E-state index contributed by atoms with van der Waals surface area (Å²) in [6.45, 7) is 1.93. The van der Waals surface area contributed by atoms with E-state index in [-0.39, 0.29) is 17.1 Å². The standard InChI is InChI=1S/C17H15N3O3/c1-10-15(14-4-2-3-5-16(14)19-10)9-18-20-17(23)11-6-12(21)8-13(22)7-11/h2-9,19,21-22H,1H3,(H,20,23). The molecule has 0 radical (unpaired) electrons. The normalized spacial score (nSPS) is 11.2. The highest BCUT2D eigenvalue weighted by Crippen LogP contribution is 2.21. The Labute approximate surface area is 132 Å². The molecule has 4 N–H and O–H groups in total. The summed E-state index contributed by atoms with van der Waals surface area (Å²) in [7, 11) is 0. The van der Waals surface area contributed by atoms with Crippen LogP contribution < -0.4 is 5.43 Å². The number of carbonyl (C=O) groups excluding carboxylic acids is 1. The Kier molecular flexibility index (Phi) is 3.72. The molecule has 2 aromatic carbocycles. The summed E-state index contributed by atoms with van der Waals surface area (Å²) in [5.41, 5.74) is 5.33. The van der Waals surface area contributed by atoms with Crippen LogP contribution in [0.3, 0.4) is 0 Å². The second-order valence-electron chi connectivity index (χ2n) is 5.15. The number of rotatable bonds is 3. The predicted octanol–water partition coefficient (Wildman–Crippen LogP) is 2.65. The molecule has 0 aliphatic carbocycles. The van der Waals surface area contributed by atoms with Crippen LogP contribution in [0.25, 0.3) is 10.9 Å². The van der Waals surface area contributed by atoms with E-state index in [1.807, 2.05) is 31.2 Å². The number of amides is 1. The van der Waals surface area contributed by atoms with Gasteiger partial charge in [-0.15, -0.1) is 0 Å². The lowest BCUT2D eigenvalue weighted by molar-refractivity contribution is 0.0954. The van der Waals surface area contributed by atoms with E-state index in [0.717, 1.165) is 28.2 Å². The van der Waals surface area contributed by atoms with Crippen LogP contribution in [0.15, 0.2) is 47.6 Å². The molecular formula is C17H15N3O3. The molecule has 6 heteroatoms. The quantitative estimate of drug-likeness (QED) is 0.442. The largest absolute Gasteiger partial charge is 0.508 e. The van der Waals surface area contributed by atoms with Crippen LogP contribution in [0.4, 0.5) is 0 Å². The van der Waals surface area contributed by atoms with E-state index < -0.39 is 5.91 Å². The van der Waals surface area contributed by atoms with Crippen LogP contribution in [0.5, 0.6) is 11.5 Å². The second-order valence-corrected chi connectivity index (χ2v) is 5.15. The van der Waals surface area contributed by atoms with Crippen LogP contribution in [0.1, 0.15) is 21.6 Å². The van der Waals surface area contributed by atoms with Gasteiger partial charge in [0.1, 0.15) is 11.5 Å². The minimum absolute atomic E-state index is 0.121. The molecule has 0 saturated carbocycles. The fourth-order valence-corrected chi connectivity index (χ4v) is 2.41. The number of phenols is 2. The number of fused-ring (bicyclic) bond motifs is 1. The number of para-hydroxylation sites is 1. The van der Waals surface area contributed by atoms with Gasteiger partial charge in [0.25, 0.3) is 5.91 Å². The minimum atomic E-state index is -0.523. The number of nitrogens with one attached hydrogen (secondary N) is 2. The van der Waals surface area contributed by atoms with Crippen molar-refractivity contribution in [3.63, 3.8) is 0 Å². The maximum atomic E-state index is 12.0. The van der Waals surface area contributed by atoms with Crippen LogP contribution in [-0.4, -0.2) is 27.3 Å². The van der Waals surface area contributed by atoms with Gasteiger partial charge in [0.05, 0.1) is 6.21 Å². The number of aromatic amines is 1. The first-order valence-corrected chi connectivity index (χ1v) is 6.98. The first-order chi connectivity index (χ1) is 11.0. The lowest BCUT2D eigenvalue weighted by Gasteiger charge is -2.02. The molecule has 0 aliphatic rings. The number of phenolic OH excluding ortho intramolecular Hbond substituents is 2. The third-order valence-electron chi connectivity index (χ3n) is 3.47. The molecule has 23 heavy (non-hydrogen) atoms. The van der Waals surface area contributed by atoms with Crippen LogP contribution in [0, 0.1) is 6.92 Å². The molecular weight excluding hydrogens is 294 g/mol. The van der Waals surface area contributed by atoms with E-state index in [9.17, 15) is 15.0 Å². The Morgan fingerprint density at radius 1 is 1.17 bits per heavy atom. The predicted molar refractivity (Wildman–Crippen MR) is 87.9 cm³/mol. The Bertz CT molecular complexity index is 892. The highest BCUT2D eigenvalue weighted by molar-refractivity contribution is 6.01. The number of nitrogens with zero attached hydrogens (tertiary/aromatic N) is 1. The number of hydrogen-bond acceptors (Lipinski definition) is 4. The molecule has 0 bridgehead atoms. The van der Waals surface area contributed by atoms with E-state index in [1.54, 1.807) is 6.21 Å². The van der Waals surface area contributed by atoms with Gasteiger partial charge >= 0.3 is 0 Å². The number of H-pyrrole nitrogens is 1. The zero-order valence-corrected chi connectivity index (χ0v) is 12.4. The molecule has 116 valence electrons. The van der Waals surface area contributed by atoms with Gasteiger partial charge in [0.15, 0.2) is 0 Å². The molecule has 0 spiro atoms. The van der Waals surface area contributed by atoms with E-state index in [0.29, 0.717) is 0 Å². The molecule has 6 nitrogen and oxygen atoms in total. The van der Waals surface area contributed by atoms with Crippen molar-refractivity contribution >= 4 is 23.0 Å². The van der Waals surface area contributed by atoms with Gasteiger partial charge in [-0.3, -0.25) is 4.79 Å². The molecule has 0 unspecified atom stereocenters. The Balaban J connectivity index is 1.80. The van der Waals surface area contributed by atoms with Gasteiger partial charge in [-0.25, -0.2) is 5.43 Å². The van der Waals surface area contributed by atoms with Crippen molar-refractivity contribution in [2.24, 2.45) is 5.10 Å². The SMILES string of the molecule is Cc1[nH]c2ccccc2c1C=NNC(=O)c1cc(O)cc(O)c1. The molecule has 1 amide bonds. The van der Waals surface area contributed by atoms with E-state index in [4.69, 9.17) is 0 Å². The maximum Gasteiger partial charge on any atom is 0.271 e. The number of benzene rings is 2. The molecule has 3 rings (SSSR count). The van der Waals surface area contributed by atoms with E-state index in [1.165, 1.54) is 12.1 Å². The number of aromatic hydroxyl groups is 2. The summed E-state index contributed by atoms with van der Waals surface area (Å²) >= 11 is 0. The Morgan fingerprint density at radius 3 is 2.61 bits per heavy atom. The Hall–Kier alpha value is -3.28. The molecule has 1 heterocycles. The topological polar surface area (TPSA) is 97.7 Å². The maximum absolute atomic E-state index is 12.0. The van der Waals surface area contributed by atoms with Crippen LogP contribution in [0.2, 0.25) is 0 Å². The molecule has 0 saturated heterocycles. The summed E-state index contributed by atoms with van der Waals surface area (Å²) in [5.74, 6) is -0.900. The number of carbonyl (C=O) groups is 1. The summed E-state index contributed by atoms with van der Waals surface area (Å²) in [6, 6.07) is 11.5. The minimum Gasteiger partial charge on any atom is -0.508 e. The summed E-state index contributed by atoms with van der Waals surface area (Å²) in [5, 5.41) is 23.7. The Morgan fingerprint density at radius 2 is 1.87 bits per heavy atom. The van der Waals surface area contributed by atoms with Crippen molar-refractivity contribution in [2.75, 3.05) is 0 Å². The average molecular weight is 309 g/mol. The van der Waals surface area contributed by atoms with Crippen LogP contribution in [-0.2, 0) is 0 Å². The van der Waals surface area contributed by atoms with Gasteiger partial charge in [-0.2, -0.15) is 5.10 Å². The third kappa shape index (κ3) is 3.01. The van der Waals surface area contributed by atoms with E-state index >= 15 is 0 Å². The van der Waals surface area contributed by atoms with Crippen molar-refractivity contribution in [2.45, 2.75) is 6.92 Å². The summed E-state index contributed by atoms with van der Waals surface area (Å²) < 4.78 is 0. The highest BCUT2D eigenvalue weighted by Gasteiger charge is 2.08. The lowest BCUT2D eigenvalue weighted by atomic mass is 10.1. The van der Waals surface area contributed by atoms with Gasteiger partial charge < -0.3 is 15.2 Å². The zero-order valence-electron chi connectivity index (χ0n) is 12.4. The van der Waals surface area contributed by atoms with Crippen molar-refractivity contribution < 1.29 is 15.0 Å². The van der Waals surface area contributed by atoms with Crippen molar-refractivity contribution in [3.8, 4) is 11.5 Å². The smallest absolute Gasteiger partial charge is 0.271 e. The van der Waals surface area contributed by atoms with Gasteiger partial charge in [0, 0.05) is 33.8 Å². The van der Waals surface area contributed by atoms with Gasteiger partial charge in [-0.1, -0.05) is 18.2 Å². The molecule has 1 aromatic heterocycles. The summed E-state index contributed by atoms with van der Waals surface area (Å²) in [4.78, 5) is 15.2. The monoisotopic (exact) mass is 309 g/mol. The lowest BCUT2D eigenvalue weighted by Crippen LogP contribution is -2.17.